The Labute approximate surface area is 180 Å². The highest BCUT2D eigenvalue weighted by molar-refractivity contribution is 5.56. The van der Waals surface area contributed by atoms with Gasteiger partial charge in [0.1, 0.15) is 6.10 Å². The van der Waals surface area contributed by atoms with E-state index in [2.05, 4.69) is 18.8 Å². The lowest BCUT2D eigenvalue weighted by Gasteiger charge is -2.25. The van der Waals surface area contributed by atoms with E-state index < -0.39 is 17.5 Å². The Morgan fingerprint density at radius 1 is 1.03 bits per heavy atom. The van der Waals surface area contributed by atoms with Crippen molar-refractivity contribution < 1.29 is 27.4 Å². The Bertz CT molecular complexity index is 1030. The SMILES string of the molecule is CCCC1CCC(C#Cc2cc3c(c(F)c2F)Oc2c(ccc(OCC)c2F)C3)OC1. The number of halogens is 3. The van der Waals surface area contributed by atoms with E-state index in [0.717, 1.165) is 25.7 Å². The van der Waals surface area contributed by atoms with E-state index in [1.54, 1.807) is 13.0 Å². The molecule has 0 aromatic heterocycles. The summed E-state index contributed by atoms with van der Waals surface area (Å²) in [7, 11) is 0. The van der Waals surface area contributed by atoms with Crippen LogP contribution in [0.25, 0.3) is 0 Å². The van der Waals surface area contributed by atoms with Crippen LogP contribution in [0.2, 0.25) is 0 Å². The van der Waals surface area contributed by atoms with Crippen LogP contribution in [0.4, 0.5) is 13.2 Å². The van der Waals surface area contributed by atoms with E-state index in [0.29, 0.717) is 23.7 Å². The van der Waals surface area contributed by atoms with Crippen LogP contribution in [0.1, 0.15) is 56.2 Å². The molecule has 3 nitrogen and oxygen atoms in total. The summed E-state index contributed by atoms with van der Waals surface area (Å²) in [6.45, 7) is 4.80. The van der Waals surface area contributed by atoms with E-state index in [1.807, 2.05) is 0 Å². The second-order valence-corrected chi connectivity index (χ2v) is 7.94. The first-order valence-corrected chi connectivity index (χ1v) is 10.8. The van der Waals surface area contributed by atoms with Crippen LogP contribution in [0, 0.1) is 35.2 Å². The molecule has 6 heteroatoms. The zero-order valence-corrected chi connectivity index (χ0v) is 17.7. The van der Waals surface area contributed by atoms with Gasteiger partial charge < -0.3 is 14.2 Å². The molecule has 0 aliphatic carbocycles. The van der Waals surface area contributed by atoms with E-state index in [-0.39, 0.29) is 41.9 Å². The van der Waals surface area contributed by atoms with Crippen molar-refractivity contribution in [2.24, 2.45) is 5.92 Å². The first kappa shape index (κ1) is 21.6. The van der Waals surface area contributed by atoms with E-state index in [9.17, 15) is 13.2 Å². The van der Waals surface area contributed by atoms with Crippen molar-refractivity contribution in [3.63, 3.8) is 0 Å². The van der Waals surface area contributed by atoms with Gasteiger partial charge in [0.25, 0.3) is 0 Å². The van der Waals surface area contributed by atoms with Crippen LogP contribution in [-0.2, 0) is 11.2 Å². The van der Waals surface area contributed by atoms with Gasteiger partial charge in [0.2, 0.25) is 11.6 Å². The number of fused-ring (bicyclic) bond motifs is 2. The second-order valence-electron chi connectivity index (χ2n) is 7.94. The van der Waals surface area contributed by atoms with Gasteiger partial charge in [0.05, 0.1) is 18.8 Å². The molecule has 0 N–H and O–H groups in total. The molecular formula is C25H25F3O3. The highest BCUT2D eigenvalue weighted by Crippen LogP contribution is 2.43. The predicted octanol–water partition coefficient (Wildman–Crippen LogP) is 6.15. The lowest BCUT2D eigenvalue weighted by molar-refractivity contribution is 0.0135. The minimum Gasteiger partial charge on any atom is -0.491 e. The quantitative estimate of drug-likeness (QED) is 0.465. The van der Waals surface area contributed by atoms with Crippen LogP contribution in [0.15, 0.2) is 18.2 Å². The fourth-order valence-corrected chi connectivity index (χ4v) is 4.11. The molecule has 0 radical (unpaired) electrons. The van der Waals surface area contributed by atoms with E-state index in [4.69, 9.17) is 14.2 Å². The standard InChI is InChI=1S/C25H25F3O3/c1-3-5-15-6-9-19(30-14-15)10-7-16-12-18-13-17-8-11-20(29-4-2)22(27)24(17)31-25(18)23(28)21(16)26/h8,11-12,15,19H,3-6,9,13-14H2,1-2H3. The number of hydrogen-bond donors (Lipinski definition) is 0. The van der Waals surface area contributed by atoms with Gasteiger partial charge in [-0.3, -0.25) is 0 Å². The Hall–Kier alpha value is -2.65. The summed E-state index contributed by atoms with van der Waals surface area (Å²) in [4.78, 5) is 0. The number of rotatable bonds is 4. The maximum Gasteiger partial charge on any atom is 0.207 e. The zero-order chi connectivity index (χ0) is 22.0. The molecule has 2 unspecified atom stereocenters. The average molecular weight is 430 g/mol. The molecule has 0 saturated carbocycles. The van der Waals surface area contributed by atoms with Gasteiger partial charge in [0.15, 0.2) is 23.1 Å². The molecular weight excluding hydrogens is 405 g/mol. The second kappa shape index (κ2) is 9.23. The third-order valence-electron chi connectivity index (χ3n) is 5.70. The van der Waals surface area contributed by atoms with Gasteiger partial charge in [0, 0.05) is 17.5 Å². The molecule has 0 amide bonds. The third kappa shape index (κ3) is 4.38. The molecule has 2 aliphatic rings. The average Bonchev–Trinajstić information content (AvgIpc) is 2.78. The minimum absolute atomic E-state index is 0.0155. The Kier molecular flexibility index (Phi) is 6.43. The van der Waals surface area contributed by atoms with Crippen LogP contribution >= 0.6 is 0 Å². The van der Waals surface area contributed by atoms with E-state index >= 15 is 0 Å². The van der Waals surface area contributed by atoms with E-state index in [1.165, 1.54) is 12.1 Å². The van der Waals surface area contributed by atoms with Gasteiger partial charge in [-0.05, 0) is 44.2 Å². The zero-order valence-electron chi connectivity index (χ0n) is 17.7. The maximum atomic E-state index is 14.8. The molecule has 31 heavy (non-hydrogen) atoms. The van der Waals surface area contributed by atoms with Crippen molar-refractivity contribution in [2.75, 3.05) is 13.2 Å². The number of benzene rings is 2. The summed E-state index contributed by atoms with van der Waals surface area (Å²) < 4.78 is 60.5. The molecule has 164 valence electrons. The predicted molar refractivity (Wildman–Crippen MR) is 111 cm³/mol. The molecule has 2 aliphatic heterocycles. The topological polar surface area (TPSA) is 27.7 Å². The first-order chi connectivity index (χ1) is 15.0. The molecule has 2 heterocycles. The molecule has 2 aromatic rings. The summed E-state index contributed by atoms with van der Waals surface area (Å²) in [6.07, 6.45) is 3.97. The van der Waals surface area contributed by atoms with Crippen molar-refractivity contribution in [3.8, 4) is 29.1 Å². The van der Waals surface area contributed by atoms with Crippen molar-refractivity contribution in [1.82, 2.24) is 0 Å². The molecule has 4 rings (SSSR count). The van der Waals surface area contributed by atoms with Gasteiger partial charge in [-0.1, -0.05) is 31.3 Å². The summed E-state index contributed by atoms with van der Waals surface area (Å²) >= 11 is 0. The monoisotopic (exact) mass is 430 g/mol. The molecule has 1 fully saturated rings. The van der Waals surface area contributed by atoms with Crippen molar-refractivity contribution >= 4 is 0 Å². The van der Waals surface area contributed by atoms with Crippen molar-refractivity contribution in [2.45, 2.75) is 52.1 Å². The van der Waals surface area contributed by atoms with Gasteiger partial charge in [-0.2, -0.15) is 8.78 Å². The smallest absolute Gasteiger partial charge is 0.207 e. The Balaban J connectivity index is 1.57. The van der Waals surface area contributed by atoms with Gasteiger partial charge in [-0.25, -0.2) is 4.39 Å². The molecule has 2 aromatic carbocycles. The molecule has 1 saturated heterocycles. The first-order valence-electron chi connectivity index (χ1n) is 10.8. The number of ether oxygens (including phenoxy) is 3. The summed E-state index contributed by atoms with van der Waals surface area (Å²) in [5.74, 6) is 2.81. The Morgan fingerprint density at radius 2 is 1.84 bits per heavy atom. The van der Waals surface area contributed by atoms with Gasteiger partial charge >= 0.3 is 0 Å². The lowest BCUT2D eigenvalue weighted by atomic mass is 9.94. The minimum atomic E-state index is -1.17. The van der Waals surface area contributed by atoms with Crippen LogP contribution in [-0.4, -0.2) is 19.3 Å². The van der Waals surface area contributed by atoms with Crippen LogP contribution in [0.5, 0.6) is 17.2 Å². The molecule has 0 bridgehead atoms. The normalized spacial score (nSPS) is 19.5. The highest BCUT2D eigenvalue weighted by atomic mass is 19.2. The van der Waals surface area contributed by atoms with Crippen LogP contribution < -0.4 is 9.47 Å². The maximum absolute atomic E-state index is 14.8. The number of hydrogen-bond acceptors (Lipinski definition) is 3. The largest absolute Gasteiger partial charge is 0.491 e. The van der Waals surface area contributed by atoms with Gasteiger partial charge in [-0.15, -0.1) is 0 Å². The fraction of sp³-hybridized carbons (Fsp3) is 0.440. The summed E-state index contributed by atoms with van der Waals surface area (Å²) in [5, 5.41) is 0. The third-order valence-corrected chi connectivity index (χ3v) is 5.70. The Morgan fingerprint density at radius 3 is 2.55 bits per heavy atom. The summed E-state index contributed by atoms with van der Waals surface area (Å²) in [5.41, 5.74) is 0.914. The fourth-order valence-electron chi connectivity index (χ4n) is 4.11. The van der Waals surface area contributed by atoms with Crippen LogP contribution in [0.3, 0.4) is 0 Å². The summed E-state index contributed by atoms with van der Waals surface area (Å²) in [6, 6.07) is 4.65. The molecule has 2 atom stereocenters. The molecule has 0 spiro atoms. The highest BCUT2D eigenvalue weighted by Gasteiger charge is 2.28. The van der Waals surface area contributed by atoms with Crippen molar-refractivity contribution in [3.05, 3.63) is 52.3 Å². The lowest BCUT2D eigenvalue weighted by Crippen LogP contribution is -2.24. The van der Waals surface area contributed by atoms with Crippen molar-refractivity contribution in [1.29, 1.82) is 0 Å².